The van der Waals surface area contributed by atoms with Gasteiger partial charge in [-0.25, -0.2) is 0 Å². The van der Waals surface area contributed by atoms with Crippen molar-refractivity contribution >= 4 is 28.4 Å². The minimum atomic E-state index is -0.0226. The van der Waals surface area contributed by atoms with E-state index in [2.05, 4.69) is 22.4 Å². The summed E-state index contributed by atoms with van der Waals surface area (Å²) in [7, 11) is 0. The van der Waals surface area contributed by atoms with Gasteiger partial charge in [0.25, 0.3) is 5.91 Å². The Morgan fingerprint density at radius 1 is 1.17 bits per heavy atom. The van der Waals surface area contributed by atoms with Crippen LogP contribution >= 0.6 is 11.6 Å². The van der Waals surface area contributed by atoms with Gasteiger partial charge in [-0.1, -0.05) is 30.7 Å². The molecule has 2 saturated carbocycles. The van der Waals surface area contributed by atoms with Crippen LogP contribution < -0.4 is 10.1 Å². The Labute approximate surface area is 180 Å². The van der Waals surface area contributed by atoms with Gasteiger partial charge in [0.1, 0.15) is 5.75 Å². The number of nitrogens with zero attached hydrogens (tertiary/aromatic N) is 2. The maximum absolute atomic E-state index is 12.6. The van der Waals surface area contributed by atoms with Crippen LogP contribution in [0.25, 0.3) is 10.9 Å². The summed E-state index contributed by atoms with van der Waals surface area (Å²) < 4.78 is 6.31. The Morgan fingerprint density at radius 3 is 2.63 bits per heavy atom. The molecule has 2 aromatic carbocycles. The highest BCUT2D eigenvalue weighted by Gasteiger charge is 2.59. The van der Waals surface area contributed by atoms with E-state index in [0.717, 1.165) is 35.9 Å². The van der Waals surface area contributed by atoms with E-state index in [-0.39, 0.29) is 18.1 Å². The quantitative estimate of drug-likeness (QED) is 0.615. The lowest BCUT2D eigenvalue weighted by atomic mass is 10.00. The number of carbonyl (C=O) groups excluding carboxylic acids is 1. The number of nitrogens with one attached hydrogen (secondary N) is 1. The van der Waals surface area contributed by atoms with Gasteiger partial charge in [-0.05, 0) is 73.4 Å². The smallest absolute Gasteiger partial charge is 0.251 e. The van der Waals surface area contributed by atoms with Crippen LogP contribution in [0.5, 0.6) is 5.75 Å². The monoisotopic (exact) mass is 421 g/mol. The van der Waals surface area contributed by atoms with Gasteiger partial charge in [-0.15, -0.1) is 0 Å². The van der Waals surface area contributed by atoms with E-state index in [1.807, 2.05) is 24.3 Å². The van der Waals surface area contributed by atoms with E-state index in [1.165, 1.54) is 0 Å². The summed E-state index contributed by atoms with van der Waals surface area (Å²) in [6.45, 7) is 2.14. The van der Waals surface area contributed by atoms with E-state index in [9.17, 15) is 4.79 Å². The zero-order valence-corrected chi connectivity index (χ0v) is 17.5. The second-order valence-corrected chi connectivity index (χ2v) is 8.77. The molecule has 0 spiro atoms. The van der Waals surface area contributed by atoms with Crippen molar-refractivity contribution in [1.82, 2.24) is 15.5 Å². The maximum Gasteiger partial charge on any atom is 0.251 e. The predicted molar refractivity (Wildman–Crippen MR) is 117 cm³/mol. The highest BCUT2D eigenvalue weighted by molar-refractivity contribution is 6.30. The molecular formula is C24H24ClN3O2. The fourth-order valence-electron chi connectivity index (χ4n) is 5.11. The van der Waals surface area contributed by atoms with Crippen molar-refractivity contribution in [2.24, 2.45) is 17.8 Å². The molecule has 5 rings (SSSR count). The number of fused-ring (bicyclic) bond motifs is 2. The first-order valence-corrected chi connectivity index (χ1v) is 11.0. The summed E-state index contributed by atoms with van der Waals surface area (Å²) in [5, 5.41) is 13.1. The second kappa shape index (κ2) is 7.88. The topological polar surface area (TPSA) is 64.1 Å². The molecular weight excluding hydrogens is 398 g/mol. The first-order chi connectivity index (χ1) is 14.6. The van der Waals surface area contributed by atoms with Gasteiger partial charge in [-0.2, -0.15) is 10.2 Å². The van der Waals surface area contributed by atoms with Gasteiger partial charge >= 0.3 is 0 Å². The average Bonchev–Trinajstić information content (AvgIpc) is 3.26. The Bertz CT molecular complexity index is 1050. The molecule has 3 aromatic rings. The number of hydrogen-bond donors (Lipinski definition) is 1. The number of ether oxygens (including phenoxy) is 1. The van der Waals surface area contributed by atoms with Crippen LogP contribution in [0.3, 0.4) is 0 Å². The zero-order chi connectivity index (χ0) is 20.7. The molecule has 2 fully saturated rings. The highest BCUT2D eigenvalue weighted by Crippen LogP contribution is 2.60. The Kier molecular flexibility index (Phi) is 5.07. The maximum atomic E-state index is 12.6. The molecule has 1 N–H and O–H groups in total. The fourth-order valence-corrected chi connectivity index (χ4v) is 5.24. The molecule has 30 heavy (non-hydrogen) atoms. The average molecular weight is 422 g/mol. The van der Waals surface area contributed by atoms with Crippen molar-refractivity contribution in [2.75, 3.05) is 0 Å². The molecule has 1 aromatic heterocycles. The summed E-state index contributed by atoms with van der Waals surface area (Å²) in [4.78, 5) is 12.6. The van der Waals surface area contributed by atoms with Crippen LogP contribution in [0.4, 0.5) is 0 Å². The van der Waals surface area contributed by atoms with Crippen molar-refractivity contribution in [3.8, 4) is 5.75 Å². The third-order valence-electron chi connectivity index (χ3n) is 6.60. The van der Waals surface area contributed by atoms with E-state index < -0.39 is 0 Å². The number of aromatic nitrogens is 2. The number of carbonyl (C=O) groups is 1. The van der Waals surface area contributed by atoms with Gasteiger partial charge in [0, 0.05) is 22.0 Å². The van der Waals surface area contributed by atoms with Crippen LogP contribution in [0, 0.1) is 17.8 Å². The van der Waals surface area contributed by atoms with Crippen LogP contribution in [-0.4, -0.2) is 28.3 Å². The summed E-state index contributed by atoms with van der Waals surface area (Å²) in [6, 6.07) is 15.2. The molecule has 5 nitrogen and oxygen atoms in total. The summed E-state index contributed by atoms with van der Waals surface area (Å²) in [5.41, 5.74) is 1.51. The minimum Gasteiger partial charge on any atom is -0.488 e. The Balaban J connectivity index is 1.20. The number of hydrogen-bond acceptors (Lipinski definition) is 4. The van der Waals surface area contributed by atoms with Crippen LogP contribution in [-0.2, 0) is 0 Å². The molecule has 0 radical (unpaired) electrons. The van der Waals surface area contributed by atoms with Crippen molar-refractivity contribution in [1.29, 1.82) is 0 Å². The van der Waals surface area contributed by atoms with Crippen molar-refractivity contribution in [3.63, 3.8) is 0 Å². The number of rotatable bonds is 6. The standard InChI is InChI=1S/C24H24ClN3O2/c1-2-20(27-24(29)14-7-9-15(25)10-8-14)23-18-11-16(12-19(18)23)30-22-13-26-28-21-6-4-3-5-17(21)22/h3-10,13,16,18-20,23H,2,11-12H2,1H3,(H,27,29). The van der Waals surface area contributed by atoms with Gasteiger partial charge < -0.3 is 10.1 Å². The number of halogens is 1. The summed E-state index contributed by atoms with van der Waals surface area (Å²) in [6.07, 6.45) is 4.90. The predicted octanol–water partition coefficient (Wildman–Crippen LogP) is 4.90. The molecule has 1 heterocycles. The summed E-state index contributed by atoms with van der Waals surface area (Å²) >= 11 is 5.93. The molecule has 1 amide bonds. The molecule has 0 saturated heterocycles. The van der Waals surface area contributed by atoms with E-state index in [0.29, 0.717) is 28.3 Å². The lowest BCUT2D eigenvalue weighted by Gasteiger charge is -2.22. The Hall–Kier alpha value is -2.66. The molecule has 154 valence electrons. The van der Waals surface area contributed by atoms with Crippen molar-refractivity contribution in [2.45, 2.75) is 38.3 Å². The van der Waals surface area contributed by atoms with E-state index in [1.54, 1.807) is 30.5 Å². The zero-order valence-electron chi connectivity index (χ0n) is 16.8. The SMILES string of the molecule is CCC(NC(=O)c1ccc(Cl)cc1)C1C2CC(Oc3cnnc4ccccc34)CC21. The molecule has 3 unspecified atom stereocenters. The van der Waals surface area contributed by atoms with Crippen molar-refractivity contribution < 1.29 is 9.53 Å². The van der Waals surface area contributed by atoms with Gasteiger partial charge in [0.05, 0.1) is 17.8 Å². The summed E-state index contributed by atoms with van der Waals surface area (Å²) in [5.74, 6) is 2.56. The van der Waals surface area contributed by atoms with Gasteiger partial charge in [0.2, 0.25) is 0 Å². The normalized spacial score (nSPS) is 25.5. The van der Waals surface area contributed by atoms with Gasteiger partial charge in [0.15, 0.2) is 0 Å². The fraction of sp³-hybridized carbons (Fsp3) is 0.375. The third-order valence-corrected chi connectivity index (χ3v) is 6.85. The largest absolute Gasteiger partial charge is 0.488 e. The van der Waals surface area contributed by atoms with Gasteiger partial charge in [-0.3, -0.25) is 4.79 Å². The lowest BCUT2D eigenvalue weighted by molar-refractivity contribution is 0.0924. The van der Waals surface area contributed by atoms with Crippen LogP contribution in [0.2, 0.25) is 5.02 Å². The van der Waals surface area contributed by atoms with E-state index >= 15 is 0 Å². The molecule has 0 bridgehead atoms. The highest BCUT2D eigenvalue weighted by atomic mass is 35.5. The first kappa shape index (κ1) is 19.3. The first-order valence-electron chi connectivity index (χ1n) is 10.6. The lowest BCUT2D eigenvalue weighted by Crippen LogP contribution is -2.37. The minimum absolute atomic E-state index is 0.0226. The second-order valence-electron chi connectivity index (χ2n) is 8.34. The molecule has 0 aliphatic heterocycles. The van der Waals surface area contributed by atoms with Crippen LogP contribution in [0.15, 0.2) is 54.7 Å². The molecule has 2 aliphatic rings. The molecule has 6 heteroatoms. The Morgan fingerprint density at radius 2 is 1.90 bits per heavy atom. The van der Waals surface area contributed by atoms with Crippen molar-refractivity contribution in [3.05, 3.63) is 65.3 Å². The van der Waals surface area contributed by atoms with E-state index in [4.69, 9.17) is 16.3 Å². The van der Waals surface area contributed by atoms with Crippen LogP contribution in [0.1, 0.15) is 36.5 Å². The molecule has 3 atom stereocenters. The number of benzene rings is 2. The molecule has 2 aliphatic carbocycles. The number of amides is 1. The third kappa shape index (κ3) is 3.63.